The van der Waals surface area contributed by atoms with Gasteiger partial charge in [-0.1, -0.05) is 30.3 Å². The predicted molar refractivity (Wildman–Crippen MR) is 116 cm³/mol. The van der Waals surface area contributed by atoms with Crippen LogP contribution in [0.1, 0.15) is 25.7 Å². The van der Waals surface area contributed by atoms with Crippen LogP contribution in [-0.2, 0) is 19.6 Å². The second kappa shape index (κ2) is 8.20. The van der Waals surface area contributed by atoms with E-state index < -0.39 is 34.0 Å². The first-order valence-electron chi connectivity index (χ1n) is 10.0. The molecule has 0 unspecified atom stereocenters. The van der Waals surface area contributed by atoms with E-state index in [4.69, 9.17) is 0 Å². The summed E-state index contributed by atoms with van der Waals surface area (Å²) < 4.78 is 28.1. The molecule has 2 aliphatic heterocycles. The van der Waals surface area contributed by atoms with Gasteiger partial charge in [0.2, 0.25) is 15.9 Å². The van der Waals surface area contributed by atoms with Crippen molar-refractivity contribution in [2.45, 2.75) is 47.9 Å². The van der Waals surface area contributed by atoms with Crippen LogP contribution in [0, 0.1) is 0 Å². The van der Waals surface area contributed by atoms with Gasteiger partial charge in [0.15, 0.2) is 0 Å². The summed E-state index contributed by atoms with van der Waals surface area (Å²) in [6.07, 6.45) is 2.09. The highest BCUT2D eigenvalue weighted by atomic mass is 32.2. The number of amides is 1. The van der Waals surface area contributed by atoms with Crippen molar-refractivity contribution in [1.29, 1.82) is 0 Å². The van der Waals surface area contributed by atoms with Crippen molar-refractivity contribution in [1.82, 2.24) is 9.21 Å². The van der Waals surface area contributed by atoms with Crippen LogP contribution < -0.4 is 0 Å². The molecule has 2 saturated heterocycles. The molecule has 0 bridgehead atoms. The summed E-state index contributed by atoms with van der Waals surface area (Å²) in [6.45, 7) is 0.438. The maximum atomic E-state index is 13.4. The average molecular weight is 449 g/mol. The zero-order chi connectivity index (χ0) is 21.5. The fourth-order valence-electron chi connectivity index (χ4n) is 4.38. The molecule has 160 valence electrons. The lowest BCUT2D eigenvalue weighted by Crippen LogP contribution is -2.54. The Balaban J connectivity index is 1.67. The number of carbonyl (C=O) groups is 2. The van der Waals surface area contributed by atoms with Gasteiger partial charge >= 0.3 is 5.97 Å². The van der Waals surface area contributed by atoms with Gasteiger partial charge in [-0.05, 0) is 48.6 Å². The summed E-state index contributed by atoms with van der Waals surface area (Å²) in [5.41, 5.74) is 0. The Morgan fingerprint density at radius 3 is 2.50 bits per heavy atom. The normalized spacial score (nSPS) is 25.5. The molecular formula is C21H24N2O5S2. The molecule has 2 aromatic rings. The lowest BCUT2D eigenvalue weighted by molar-refractivity contribution is -0.153. The van der Waals surface area contributed by atoms with Gasteiger partial charge in [0.05, 0.1) is 4.90 Å². The number of benzene rings is 2. The highest BCUT2D eigenvalue weighted by molar-refractivity contribution is 7.89. The van der Waals surface area contributed by atoms with E-state index in [0.717, 1.165) is 17.2 Å². The van der Waals surface area contributed by atoms with Gasteiger partial charge in [0, 0.05) is 18.3 Å². The minimum atomic E-state index is -3.94. The molecule has 0 aliphatic carbocycles. The SMILES string of the molecule is O=C(O)[C@@H]1CCCCN1C(=O)[C@@H]1C[C@H](S)CN1S(=O)(=O)c1ccc2ccccc2c1. The van der Waals surface area contributed by atoms with Gasteiger partial charge in [0.1, 0.15) is 12.1 Å². The van der Waals surface area contributed by atoms with Gasteiger partial charge in [0.25, 0.3) is 0 Å². The Kier molecular flexibility index (Phi) is 5.78. The Bertz CT molecular complexity index is 1090. The van der Waals surface area contributed by atoms with Crippen molar-refractivity contribution in [2.75, 3.05) is 13.1 Å². The number of carboxylic acid groups (broad SMARTS) is 1. The molecule has 2 aromatic carbocycles. The number of piperidine rings is 1. The number of thiol groups is 1. The van der Waals surface area contributed by atoms with E-state index in [1.807, 2.05) is 24.3 Å². The topological polar surface area (TPSA) is 95.0 Å². The third-order valence-electron chi connectivity index (χ3n) is 5.92. The number of hydrogen-bond acceptors (Lipinski definition) is 5. The van der Waals surface area contributed by atoms with Crippen LogP contribution in [0.5, 0.6) is 0 Å². The van der Waals surface area contributed by atoms with E-state index in [0.29, 0.717) is 19.4 Å². The molecule has 1 N–H and O–H groups in total. The number of carboxylic acids is 1. The number of sulfonamides is 1. The summed E-state index contributed by atoms with van der Waals surface area (Å²) in [5.74, 6) is -1.49. The molecule has 7 nitrogen and oxygen atoms in total. The molecule has 3 atom stereocenters. The van der Waals surface area contributed by atoms with E-state index >= 15 is 0 Å². The summed E-state index contributed by atoms with van der Waals surface area (Å²) in [4.78, 5) is 26.4. The molecule has 2 aliphatic rings. The molecule has 0 saturated carbocycles. The fraction of sp³-hybridized carbons (Fsp3) is 0.429. The van der Waals surface area contributed by atoms with Crippen molar-refractivity contribution in [3.05, 3.63) is 42.5 Å². The molecule has 1 amide bonds. The molecule has 9 heteroatoms. The monoisotopic (exact) mass is 448 g/mol. The summed E-state index contributed by atoms with van der Waals surface area (Å²) >= 11 is 4.44. The zero-order valence-corrected chi connectivity index (χ0v) is 18.1. The molecule has 2 fully saturated rings. The number of fused-ring (bicyclic) bond motifs is 1. The van der Waals surface area contributed by atoms with Crippen LogP contribution in [0.25, 0.3) is 10.8 Å². The Morgan fingerprint density at radius 2 is 1.77 bits per heavy atom. The largest absolute Gasteiger partial charge is 0.480 e. The molecule has 30 heavy (non-hydrogen) atoms. The standard InChI is InChI=1S/C21H24N2O5S2/c24-20(22-10-4-3-7-18(22)21(25)26)19-12-16(29)13-23(19)30(27,28)17-9-8-14-5-1-2-6-15(14)11-17/h1-2,5-6,8-9,11,16,18-19,29H,3-4,7,10,12-13H2,(H,25,26)/t16-,18-,19-/m0/s1. The van der Waals surface area contributed by atoms with E-state index in [9.17, 15) is 23.1 Å². The highest BCUT2D eigenvalue weighted by Crippen LogP contribution is 2.32. The summed E-state index contributed by atoms with van der Waals surface area (Å²) in [6, 6.07) is 10.5. The number of carbonyl (C=O) groups excluding carboxylic acids is 1. The third kappa shape index (κ3) is 3.81. The molecule has 2 heterocycles. The zero-order valence-electron chi connectivity index (χ0n) is 16.3. The van der Waals surface area contributed by atoms with E-state index in [2.05, 4.69) is 12.6 Å². The van der Waals surface area contributed by atoms with Crippen LogP contribution in [0.4, 0.5) is 0 Å². The van der Waals surface area contributed by atoms with Crippen molar-refractivity contribution in [2.24, 2.45) is 0 Å². The number of hydrogen-bond donors (Lipinski definition) is 2. The second-order valence-electron chi connectivity index (χ2n) is 7.87. The van der Waals surface area contributed by atoms with Crippen LogP contribution in [-0.4, -0.2) is 65.0 Å². The van der Waals surface area contributed by atoms with Crippen LogP contribution >= 0.6 is 12.6 Å². The Hall–Kier alpha value is -2.10. The maximum absolute atomic E-state index is 13.4. The second-order valence-corrected chi connectivity index (χ2v) is 10.5. The van der Waals surface area contributed by atoms with Crippen LogP contribution in [0.15, 0.2) is 47.4 Å². The molecule has 4 rings (SSSR count). The summed E-state index contributed by atoms with van der Waals surface area (Å²) in [5, 5.41) is 10.9. The van der Waals surface area contributed by atoms with E-state index in [-0.39, 0.29) is 23.1 Å². The van der Waals surface area contributed by atoms with E-state index in [1.54, 1.807) is 18.2 Å². The molecule has 0 radical (unpaired) electrons. The van der Waals surface area contributed by atoms with Gasteiger partial charge in [-0.25, -0.2) is 13.2 Å². The lowest BCUT2D eigenvalue weighted by atomic mass is 10.0. The fourth-order valence-corrected chi connectivity index (χ4v) is 6.54. The molecule has 0 aromatic heterocycles. The van der Waals surface area contributed by atoms with Crippen molar-refractivity contribution >= 4 is 45.3 Å². The van der Waals surface area contributed by atoms with Crippen molar-refractivity contribution in [3.8, 4) is 0 Å². The first-order chi connectivity index (χ1) is 14.3. The number of aliphatic carboxylic acids is 1. The number of likely N-dealkylation sites (tertiary alicyclic amines) is 1. The van der Waals surface area contributed by atoms with Gasteiger partial charge in [-0.2, -0.15) is 16.9 Å². The highest BCUT2D eigenvalue weighted by Gasteiger charge is 2.46. The van der Waals surface area contributed by atoms with Gasteiger partial charge in [-0.3, -0.25) is 4.79 Å². The van der Waals surface area contributed by atoms with Gasteiger partial charge in [-0.15, -0.1) is 0 Å². The number of rotatable bonds is 4. The quantitative estimate of drug-likeness (QED) is 0.701. The maximum Gasteiger partial charge on any atom is 0.326 e. The first-order valence-corrected chi connectivity index (χ1v) is 12.0. The minimum absolute atomic E-state index is 0.111. The van der Waals surface area contributed by atoms with Crippen molar-refractivity contribution in [3.63, 3.8) is 0 Å². The van der Waals surface area contributed by atoms with Crippen LogP contribution in [0.2, 0.25) is 0 Å². The minimum Gasteiger partial charge on any atom is -0.480 e. The van der Waals surface area contributed by atoms with Crippen LogP contribution in [0.3, 0.4) is 0 Å². The smallest absolute Gasteiger partial charge is 0.326 e. The van der Waals surface area contributed by atoms with E-state index in [1.165, 1.54) is 9.21 Å². The predicted octanol–water partition coefficient (Wildman–Crippen LogP) is 2.37. The number of nitrogens with zero attached hydrogens (tertiary/aromatic N) is 2. The first kappa shape index (κ1) is 21.1. The summed E-state index contributed by atoms with van der Waals surface area (Å²) in [7, 11) is -3.94. The van der Waals surface area contributed by atoms with Gasteiger partial charge < -0.3 is 10.0 Å². The molecule has 0 spiro atoms. The Morgan fingerprint density at radius 1 is 1.03 bits per heavy atom. The Labute approximate surface area is 181 Å². The van der Waals surface area contributed by atoms with Crippen molar-refractivity contribution < 1.29 is 23.1 Å². The third-order valence-corrected chi connectivity index (χ3v) is 8.16. The molecular weight excluding hydrogens is 424 g/mol. The lowest BCUT2D eigenvalue weighted by Gasteiger charge is -2.36. The average Bonchev–Trinajstić information content (AvgIpc) is 3.15.